The Labute approximate surface area is 221 Å². The highest BCUT2D eigenvalue weighted by atomic mass is 32.1. The van der Waals surface area contributed by atoms with Crippen molar-refractivity contribution in [3.05, 3.63) is 100 Å². The van der Waals surface area contributed by atoms with Gasteiger partial charge in [0.2, 0.25) is 0 Å². The number of ether oxygens (including phenoxy) is 2. The molecule has 0 saturated heterocycles. The summed E-state index contributed by atoms with van der Waals surface area (Å²) >= 11 is 1.28. The molecule has 3 aromatic carbocycles. The second kappa shape index (κ2) is 10.6. The van der Waals surface area contributed by atoms with Gasteiger partial charge in [0, 0.05) is 22.0 Å². The van der Waals surface area contributed by atoms with Crippen LogP contribution in [0.25, 0.3) is 16.6 Å². The van der Waals surface area contributed by atoms with Crippen LogP contribution in [-0.2, 0) is 0 Å². The third kappa shape index (κ3) is 5.21. The van der Waals surface area contributed by atoms with Gasteiger partial charge in [0.1, 0.15) is 29.2 Å². The van der Waals surface area contributed by atoms with E-state index in [1.807, 2.05) is 13.0 Å². The van der Waals surface area contributed by atoms with Gasteiger partial charge >= 0.3 is 0 Å². The Balaban J connectivity index is 1.47. The second-order valence-electron chi connectivity index (χ2n) is 8.72. The number of hydrogen-bond donors (Lipinski definition) is 1. The van der Waals surface area contributed by atoms with E-state index in [2.05, 4.69) is 15.4 Å². The van der Waals surface area contributed by atoms with Crippen LogP contribution in [0.5, 0.6) is 11.5 Å². The molecule has 0 spiro atoms. The van der Waals surface area contributed by atoms with E-state index in [-0.39, 0.29) is 11.7 Å². The van der Waals surface area contributed by atoms with Crippen LogP contribution in [0.1, 0.15) is 33.3 Å². The number of halogens is 2. The standard InChI is InChI=1S/C28H24F2N4O3S/c1-16-14-31-28(38-16)27(35)33-17(2)26(23-13-20(30)6-11-25(23)36-3)37-22-9-10-24-18(12-22)15-32-34(24)21-7-4-19(29)5-8-21/h4-15,17,26H,1-3H3,(H,33,35)/t17-,26-/m0/s1. The molecule has 0 aliphatic carbocycles. The Bertz CT molecular complexity index is 1600. The molecule has 0 fully saturated rings. The molecular formula is C28H24F2N4O3S. The summed E-state index contributed by atoms with van der Waals surface area (Å²) in [5, 5.41) is 8.47. The molecule has 7 nitrogen and oxygen atoms in total. The fourth-order valence-electron chi connectivity index (χ4n) is 4.19. The summed E-state index contributed by atoms with van der Waals surface area (Å²) in [6.45, 7) is 3.65. The Morgan fingerprint density at radius 2 is 1.79 bits per heavy atom. The van der Waals surface area contributed by atoms with Crippen molar-refractivity contribution in [2.24, 2.45) is 0 Å². The highest BCUT2D eigenvalue weighted by molar-refractivity contribution is 7.13. The zero-order chi connectivity index (χ0) is 26.8. The van der Waals surface area contributed by atoms with E-state index in [9.17, 15) is 13.6 Å². The molecule has 2 heterocycles. The summed E-state index contributed by atoms with van der Waals surface area (Å²) in [4.78, 5) is 17.9. The number of rotatable bonds is 8. The molecule has 0 aliphatic rings. The predicted octanol–water partition coefficient (Wildman–Crippen LogP) is 6.02. The number of carbonyl (C=O) groups excluding carboxylic acids is 1. The maximum Gasteiger partial charge on any atom is 0.280 e. The average molecular weight is 535 g/mol. The van der Waals surface area contributed by atoms with Gasteiger partial charge in [0.15, 0.2) is 5.01 Å². The van der Waals surface area contributed by atoms with Crippen molar-refractivity contribution >= 4 is 28.1 Å². The number of methoxy groups -OCH3 is 1. The monoisotopic (exact) mass is 534 g/mol. The van der Waals surface area contributed by atoms with Crippen molar-refractivity contribution in [3.63, 3.8) is 0 Å². The summed E-state index contributed by atoms with van der Waals surface area (Å²) in [6.07, 6.45) is 2.52. The van der Waals surface area contributed by atoms with Crippen LogP contribution in [0.15, 0.2) is 73.1 Å². The Morgan fingerprint density at radius 1 is 1.03 bits per heavy atom. The van der Waals surface area contributed by atoms with Crippen molar-refractivity contribution in [1.29, 1.82) is 0 Å². The molecule has 0 saturated carbocycles. The number of aryl methyl sites for hydroxylation is 1. The van der Waals surface area contributed by atoms with Gasteiger partial charge in [-0.2, -0.15) is 5.10 Å². The molecule has 0 aliphatic heterocycles. The number of carbonyl (C=O) groups is 1. The lowest BCUT2D eigenvalue weighted by Gasteiger charge is -2.27. The molecule has 5 aromatic rings. The van der Waals surface area contributed by atoms with Crippen LogP contribution < -0.4 is 14.8 Å². The minimum Gasteiger partial charge on any atom is -0.496 e. The molecule has 0 radical (unpaired) electrons. The lowest BCUT2D eigenvalue weighted by atomic mass is 10.0. The van der Waals surface area contributed by atoms with Crippen molar-refractivity contribution in [2.75, 3.05) is 7.11 Å². The number of fused-ring (bicyclic) bond motifs is 1. The summed E-state index contributed by atoms with van der Waals surface area (Å²) in [5.74, 6) is -0.229. The largest absolute Gasteiger partial charge is 0.496 e. The average Bonchev–Trinajstić information content (AvgIpc) is 3.53. The fourth-order valence-corrected chi connectivity index (χ4v) is 4.85. The number of benzene rings is 3. The highest BCUT2D eigenvalue weighted by Crippen LogP contribution is 2.34. The van der Waals surface area contributed by atoms with Crippen LogP contribution in [0, 0.1) is 18.6 Å². The van der Waals surface area contributed by atoms with E-state index in [1.54, 1.807) is 48.3 Å². The van der Waals surface area contributed by atoms with Crippen molar-refractivity contribution in [1.82, 2.24) is 20.1 Å². The lowest BCUT2D eigenvalue weighted by molar-refractivity contribution is 0.0879. The minimum absolute atomic E-state index is 0.328. The molecule has 2 atom stereocenters. The molecule has 2 aromatic heterocycles. The summed E-state index contributed by atoms with van der Waals surface area (Å²) in [7, 11) is 1.49. The zero-order valence-corrected chi connectivity index (χ0v) is 21.6. The Hall–Kier alpha value is -4.31. The van der Waals surface area contributed by atoms with E-state index < -0.39 is 18.0 Å². The third-order valence-corrected chi connectivity index (χ3v) is 6.91. The van der Waals surface area contributed by atoms with Crippen molar-refractivity contribution in [3.8, 4) is 17.2 Å². The van der Waals surface area contributed by atoms with Gasteiger partial charge in [-0.1, -0.05) is 0 Å². The van der Waals surface area contributed by atoms with Gasteiger partial charge in [0.05, 0.1) is 30.6 Å². The first kappa shape index (κ1) is 25.3. The van der Waals surface area contributed by atoms with E-state index in [0.29, 0.717) is 27.8 Å². The Kier molecular flexibility index (Phi) is 7.06. The Morgan fingerprint density at radius 3 is 2.50 bits per heavy atom. The fraction of sp³-hybridized carbons (Fsp3) is 0.179. The smallest absolute Gasteiger partial charge is 0.280 e. The third-order valence-electron chi connectivity index (χ3n) is 6.00. The molecule has 0 bridgehead atoms. The van der Waals surface area contributed by atoms with Crippen LogP contribution in [0.2, 0.25) is 0 Å². The van der Waals surface area contributed by atoms with Gasteiger partial charge < -0.3 is 14.8 Å². The predicted molar refractivity (Wildman–Crippen MR) is 141 cm³/mol. The summed E-state index contributed by atoms with van der Waals surface area (Å²) in [6, 6.07) is 15.0. The topological polar surface area (TPSA) is 78.3 Å². The molecule has 0 unspecified atom stereocenters. The molecular weight excluding hydrogens is 510 g/mol. The van der Waals surface area contributed by atoms with E-state index >= 15 is 0 Å². The normalized spacial score (nSPS) is 12.8. The molecule has 10 heteroatoms. The summed E-state index contributed by atoms with van der Waals surface area (Å²) in [5.41, 5.74) is 1.95. The second-order valence-corrected chi connectivity index (χ2v) is 9.95. The van der Waals surface area contributed by atoms with Gasteiger partial charge in [0.25, 0.3) is 5.91 Å². The van der Waals surface area contributed by atoms with Crippen LogP contribution in [0.4, 0.5) is 8.78 Å². The van der Waals surface area contributed by atoms with E-state index in [4.69, 9.17) is 9.47 Å². The van der Waals surface area contributed by atoms with E-state index in [0.717, 1.165) is 15.8 Å². The van der Waals surface area contributed by atoms with E-state index in [1.165, 1.54) is 48.8 Å². The number of aromatic nitrogens is 3. The van der Waals surface area contributed by atoms with Gasteiger partial charge in [-0.25, -0.2) is 18.4 Å². The number of nitrogens with zero attached hydrogens (tertiary/aromatic N) is 3. The van der Waals surface area contributed by atoms with Crippen molar-refractivity contribution < 1.29 is 23.0 Å². The minimum atomic E-state index is -0.796. The zero-order valence-electron chi connectivity index (χ0n) is 20.8. The molecule has 1 amide bonds. The number of thiazole rings is 1. The van der Waals surface area contributed by atoms with Gasteiger partial charge in [-0.15, -0.1) is 11.3 Å². The van der Waals surface area contributed by atoms with Crippen LogP contribution in [-0.4, -0.2) is 33.8 Å². The quantitative estimate of drug-likeness (QED) is 0.264. The van der Waals surface area contributed by atoms with Gasteiger partial charge in [-0.05, 0) is 74.5 Å². The van der Waals surface area contributed by atoms with Crippen LogP contribution >= 0.6 is 11.3 Å². The molecule has 1 N–H and O–H groups in total. The first-order chi connectivity index (χ1) is 18.3. The lowest BCUT2D eigenvalue weighted by Crippen LogP contribution is -2.39. The van der Waals surface area contributed by atoms with Crippen molar-refractivity contribution in [2.45, 2.75) is 26.0 Å². The number of nitrogens with one attached hydrogen (secondary N) is 1. The summed E-state index contributed by atoms with van der Waals surface area (Å²) < 4.78 is 41.3. The maximum atomic E-state index is 14.3. The van der Waals surface area contributed by atoms with Crippen LogP contribution in [0.3, 0.4) is 0 Å². The van der Waals surface area contributed by atoms with Gasteiger partial charge in [-0.3, -0.25) is 4.79 Å². The first-order valence-electron chi connectivity index (χ1n) is 11.8. The number of amides is 1. The molecule has 194 valence electrons. The maximum absolute atomic E-state index is 14.3. The SMILES string of the molecule is COc1ccc(F)cc1[C@@H](Oc1ccc2c(cnn2-c2ccc(F)cc2)c1)[C@H](C)NC(=O)c1ncc(C)s1. The molecule has 38 heavy (non-hydrogen) atoms. The highest BCUT2D eigenvalue weighted by Gasteiger charge is 2.28. The first-order valence-corrected chi connectivity index (χ1v) is 12.6. The number of hydrogen-bond acceptors (Lipinski definition) is 6. The molecule has 5 rings (SSSR count).